The molecule has 0 spiro atoms. The van der Waals surface area contributed by atoms with Gasteiger partial charge in [-0.15, -0.1) is 0 Å². The van der Waals surface area contributed by atoms with Crippen LogP contribution in [0, 0.1) is 17.8 Å². The molecule has 0 aromatic rings. The molecule has 0 unspecified atom stereocenters. The molecular weight excluding hydrogens is 208 g/mol. The van der Waals surface area contributed by atoms with Crippen molar-refractivity contribution in [2.75, 3.05) is 0 Å². The molecular formula is C12H22O4. The van der Waals surface area contributed by atoms with E-state index >= 15 is 0 Å². The van der Waals surface area contributed by atoms with E-state index in [0.717, 1.165) is 19.3 Å². The molecule has 2 N–H and O–H groups in total. The van der Waals surface area contributed by atoms with Gasteiger partial charge in [-0.3, -0.25) is 0 Å². The van der Waals surface area contributed by atoms with E-state index in [1.165, 1.54) is 0 Å². The summed E-state index contributed by atoms with van der Waals surface area (Å²) in [5, 5.41) is 17.4. The van der Waals surface area contributed by atoms with Crippen LogP contribution in [0.25, 0.3) is 0 Å². The molecule has 0 aromatic heterocycles. The minimum absolute atomic E-state index is 0.168. The third-order valence-corrected chi connectivity index (χ3v) is 3.44. The lowest BCUT2D eigenvalue weighted by molar-refractivity contribution is -0.184. The standard InChI is InChI=1S/C12H22O4/c1-7(2)9-5-4-8(3)6-10(9)16-12(15)11(13)14/h7-11,13-14H,4-6H2,1-3H3/t8-,9-,10+/m0/s1. The van der Waals surface area contributed by atoms with Crippen molar-refractivity contribution >= 4 is 5.97 Å². The first-order chi connectivity index (χ1) is 7.41. The second-order valence-corrected chi connectivity index (χ2v) is 5.18. The van der Waals surface area contributed by atoms with Crippen LogP contribution in [0.5, 0.6) is 0 Å². The summed E-state index contributed by atoms with van der Waals surface area (Å²) in [6.07, 6.45) is 0.834. The zero-order valence-electron chi connectivity index (χ0n) is 10.2. The molecule has 4 heteroatoms. The molecule has 1 rings (SSSR count). The number of hydrogen-bond acceptors (Lipinski definition) is 4. The number of aliphatic hydroxyl groups excluding tert-OH is 1. The highest BCUT2D eigenvalue weighted by Crippen LogP contribution is 2.35. The van der Waals surface area contributed by atoms with Crippen LogP contribution in [0.3, 0.4) is 0 Å². The summed E-state index contributed by atoms with van der Waals surface area (Å²) in [7, 11) is 0. The Morgan fingerprint density at radius 1 is 1.31 bits per heavy atom. The largest absolute Gasteiger partial charge is 0.458 e. The Hall–Kier alpha value is -0.610. The highest BCUT2D eigenvalue weighted by molar-refractivity contribution is 5.72. The number of ether oxygens (including phenoxy) is 1. The lowest BCUT2D eigenvalue weighted by Gasteiger charge is -2.36. The van der Waals surface area contributed by atoms with E-state index in [-0.39, 0.29) is 6.10 Å². The highest BCUT2D eigenvalue weighted by Gasteiger charge is 2.34. The second-order valence-electron chi connectivity index (χ2n) is 5.18. The van der Waals surface area contributed by atoms with Crippen molar-refractivity contribution in [2.24, 2.45) is 17.8 Å². The van der Waals surface area contributed by atoms with Gasteiger partial charge in [-0.1, -0.05) is 27.2 Å². The van der Waals surface area contributed by atoms with Crippen LogP contribution in [0.2, 0.25) is 0 Å². The van der Waals surface area contributed by atoms with E-state index in [2.05, 4.69) is 20.8 Å². The number of aliphatic hydroxyl groups is 2. The summed E-state index contributed by atoms with van der Waals surface area (Å²) in [5.74, 6) is 0.383. The van der Waals surface area contributed by atoms with Crippen LogP contribution < -0.4 is 0 Å². The van der Waals surface area contributed by atoms with Crippen molar-refractivity contribution in [3.05, 3.63) is 0 Å². The van der Waals surface area contributed by atoms with Gasteiger partial charge in [0.25, 0.3) is 6.29 Å². The Morgan fingerprint density at radius 2 is 1.94 bits per heavy atom. The van der Waals surface area contributed by atoms with E-state index in [1.807, 2.05) is 0 Å². The van der Waals surface area contributed by atoms with Gasteiger partial charge in [-0.25, -0.2) is 4.79 Å². The average molecular weight is 230 g/mol. The molecule has 0 amide bonds. The van der Waals surface area contributed by atoms with E-state index in [9.17, 15) is 4.79 Å². The van der Waals surface area contributed by atoms with Crippen molar-refractivity contribution in [3.63, 3.8) is 0 Å². The van der Waals surface area contributed by atoms with Crippen molar-refractivity contribution in [3.8, 4) is 0 Å². The molecule has 0 aliphatic heterocycles. The normalized spacial score (nSPS) is 30.8. The Kier molecular flexibility index (Phi) is 4.74. The average Bonchev–Trinajstić information content (AvgIpc) is 2.16. The fourth-order valence-electron chi connectivity index (χ4n) is 2.46. The first-order valence-electron chi connectivity index (χ1n) is 5.98. The number of carbonyl (C=O) groups excluding carboxylic acids is 1. The summed E-state index contributed by atoms with van der Waals surface area (Å²) >= 11 is 0. The molecule has 94 valence electrons. The SMILES string of the molecule is CC(C)[C@@H]1CC[C@H](C)C[C@H]1OC(=O)C(O)O. The molecule has 0 heterocycles. The maximum atomic E-state index is 11.2. The minimum atomic E-state index is -2.01. The van der Waals surface area contributed by atoms with Crippen LogP contribution in [0.15, 0.2) is 0 Å². The van der Waals surface area contributed by atoms with E-state index in [1.54, 1.807) is 0 Å². The summed E-state index contributed by atoms with van der Waals surface area (Å²) in [6.45, 7) is 6.35. The number of rotatable bonds is 3. The zero-order valence-corrected chi connectivity index (χ0v) is 10.2. The van der Waals surface area contributed by atoms with Gasteiger partial charge in [-0.2, -0.15) is 0 Å². The molecule has 0 aromatic carbocycles. The Balaban J connectivity index is 2.61. The highest BCUT2D eigenvalue weighted by atomic mass is 16.6. The van der Waals surface area contributed by atoms with Gasteiger partial charge in [0, 0.05) is 0 Å². The van der Waals surface area contributed by atoms with Crippen molar-refractivity contribution in [2.45, 2.75) is 52.4 Å². The molecule has 1 saturated carbocycles. The topological polar surface area (TPSA) is 66.8 Å². The van der Waals surface area contributed by atoms with Crippen LogP contribution in [-0.4, -0.2) is 28.6 Å². The number of hydrogen-bond donors (Lipinski definition) is 2. The molecule has 3 atom stereocenters. The molecule has 0 radical (unpaired) electrons. The maximum Gasteiger partial charge on any atom is 0.363 e. The first-order valence-corrected chi connectivity index (χ1v) is 5.98. The van der Waals surface area contributed by atoms with Crippen LogP contribution >= 0.6 is 0 Å². The quantitative estimate of drug-likeness (QED) is 0.566. The predicted octanol–water partition coefficient (Wildman–Crippen LogP) is 1.30. The van der Waals surface area contributed by atoms with Gasteiger partial charge >= 0.3 is 5.97 Å². The van der Waals surface area contributed by atoms with Crippen LogP contribution in [0.4, 0.5) is 0 Å². The number of esters is 1. The predicted molar refractivity (Wildman–Crippen MR) is 59.4 cm³/mol. The van der Waals surface area contributed by atoms with Crippen molar-refractivity contribution < 1.29 is 19.7 Å². The third-order valence-electron chi connectivity index (χ3n) is 3.44. The smallest absolute Gasteiger partial charge is 0.363 e. The molecule has 0 bridgehead atoms. The van der Waals surface area contributed by atoms with E-state index in [0.29, 0.717) is 17.8 Å². The van der Waals surface area contributed by atoms with Gasteiger partial charge in [-0.05, 0) is 30.6 Å². The van der Waals surface area contributed by atoms with Gasteiger partial charge in [0.2, 0.25) is 0 Å². The minimum Gasteiger partial charge on any atom is -0.458 e. The fourth-order valence-corrected chi connectivity index (χ4v) is 2.46. The van der Waals surface area contributed by atoms with Gasteiger partial charge < -0.3 is 14.9 Å². The maximum absolute atomic E-state index is 11.2. The fraction of sp³-hybridized carbons (Fsp3) is 0.917. The third kappa shape index (κ3) is 3.46. The zero-order chi connectivity index (χ0) is 12.3. The van der Waals surface area contributed by atoms with Crippen LogP contribution in [-0.2, 0) is 9.53 Å². The van der Waals surface area contributed by atoms with Crippen LogP contribution in [0.1, 0.15) is 40.0 Å². The monoisotopic (exact) mass is 230 g/mol. The Morgan fingerprint density at radius 3 is 2.44 bits per heavy atom. The second kappa shape index (κ2) is 5.64. The Labute approximate surface area is 96.6 Å². The molecule has 16 heavy (non-hydrogen) atoms. The van der Waals surface area contributed by atoms with Gasteiger partial charge in [0.05, 0.1) is 0 Å². The van der Waals surface area contributed by atoms with Crippen molar-refractivity contribution in [1.29, 1.82) is 0 Å². The van der Waals surface area contributed by atoms with Gasteiger partial charge in [0.15, 0.2) is 0 Å². The molecule has 1 aliphatic carbocycles. The summed E-state index contributed by atoms with van der Waals surface area (Å²) < 4.78 is 5.16. The summed E-state index contributed by atoms with van der Waals surface area (Å²) in [5.41, 5.74) is 0. The lowest BCUT2D eigenvalue weighted by Crippen LogP contribution is -2.38. The molecule has 1 fully saturated rings. The lowest BCUT2D eigenvalue weighted by atomic mass is 9.75. The summed E-state index contributed by atoms with van der Waals surface area (Å²) in [4.78, 5) is 11.2. The van der Waals surface area contributed by atoms with Gasteiger partial charge in [0.1, 0.15) is 6.10 Å². The van der Waals surface area contributed by atoms with E-state index in [4.69, 9.17) is 14.9 Å². The summed E-state index contributed by atoms with van der Waals surface area (Å²) in [6, 6.07) is 0. The van der Waals surface area contributed by atoms with Crippen molar-refractivity contribution in [1.82, 2.24) is 0 Å². The number of carbonyl (C=O) groups is 1. The molecule has 4 nitrogen and oxygen atoms in total. The molecule has 1 aliphatic rings. The Bertz CT molecular complexity index is 237. The van der Waals surface area contributed by atoms with E-state index < -0.39 is 12.3 Å². The first kappa shape index (κ1) is 13.5. The molecule has 0 saturated heterocycles.